The molecular formula is C34H37BN2. The van der Waals surface area contributed by atoms with E-state index in [2.05, 4.69) is 92.5 Å². The third-order valence-electron chi connectivity index (χ3n) is 8.79. The molecule has 0 spiro atoms. The topological polar surface area (TPSA) is 25.8 Å². The molecule has 1 saturated carbocycles. The van der Waals surface area contributed by atoms with E-state index in [0.29, 0.717) is 5.31 Å². The van der Waals surface area contributed by atoms with E-state index < -0.39 is 0 Å². The number of fused-ring (bicyclic) bond motifs is 4. The van der Waals surface area contributed by atoms with E-state index in [-0.39, 0.29) is 5.31 Å². The van der Waals surface area contributed by atoms with Crippen LogP contribution in [0.25, 0.3) is 43.8 Å². The average molecular weight is 484 g/mol. The molecule has 0 unspecified atom stereocenters. The summed E-state index contributed by atoms with van der Waals surface area (Å²) < 4.78 is 0. The Morgan fingerprint density at radius 3 is 2.16 bits per heavy atom. The molecule has 37 heavy (non-hydrogen) atoms. The predicted octanol–water partition coefficient (Wildman–Crippen LogP) is 9.20. The summed E-state index contributed by atoms with van der Waals surface area (Å²) in [6.07, 6.45) is 11.5. The second-order valence-corrected chi connectivity index (χ2v) is 12.3. The summed E-state index contributed by atoms with van der Waals surface area (Å²) in [6, 6.07) is 26.4. The zero-order valence-corrected chi connectivity index (χ0v) is 22.6. The van der Waals surface area contributed by atoms with Crippen LogP contribution in [-0.4, -0.2) is 17.2 Å². The molecule has 0 aliphatic heterocycles. The van der Waals surface area contributed by atoms with Crippen molar-refractivity contribution in [2.45, 2.75) is 76.3 Å². The Kier molecular flexibility index (Phi) is 6.27. The number of hydrogen-bond acceptors (Lipinski definition) is 2. The Labute approximate surface area is 221 Å². The molecule has 0 saturated heterocycles. The first-order valence-corrected chi connectivity index (χ1v) is 14.1. The average Bonchev–Trinajstić information content (AvgIpc) is 2.90. The maximum atomic E-state index is 5.18. The van der Waals surface area contributed by atoms with Crippen LogP contribution in [0.15, 0.2) is 79.0 Å². The van der Waals surface area contributed by atoms with E-state index in [4.69, 9.17) is 4.98 Å². The monoisotopic (exact) mass is 484 g/mol. The second-order valence-electron chi connectivity index (χ2n) is 12.3. The van der Waals surface area contributed by atoms with Crippen LogP contribution in [-0.2, 0) is 5.31 Å². The first kappa shape index (κ1) is 24.2. The molecule has 3 aromatic carbocycles. The Morgan fingerprint density at radius 2 is 1.38 bits per heavy atom. The van der Waals surface area contributed by atoms with E-state index in [1.807, 2.05) is 12.3 Å². The molecule has 0 N–H and O–H groups in total. The summed E-state index contributed by atoms with van der Waals surface area (Å²) in [6.45, 7) is 7.48. The highest BCUT2D eigenvalue weighted by atomic mass is 14.8. The summed E-state index contributed by atoms with van der Waals surface area (Å²) in [7, 11) is 1.23. The van der Waals surface area contributed by atoms with E-state index in [0.717, 1.165) is 27.5 Å². The van der Waals surface area contributed by atoms with Crippen LogP contribution in [0.1, 0.15) is 71.3 Å². The molecule has 6 rings (SSSR count). The van der Waals surface area contributed by atoms with Crippen LogP contribution in [0.4, 0.5) is 0 Å². The van der Waals surface area contributed by atoms with Crippen molar-refractivity contribution in [3.05, 3.63) is 84.6 Å². The number of aromatic nitrogens is 2. The first-order chi connectivity index (χ1) is 17.9. The highest BCUT2D eigenvalue weighted by Crippen LogP contribution is 2.45. The van der Waals surface area contributed by atoms with Gasteiger partial charge < -0.3 is 0 Å². The molecule has 1 aliphatic rings. The lowest BCUT2D eigenvalue weighted by atomic mass is 9.36. The Morgan fingerprint density at radius 1 is 0.703 bits per heavy atom. The molecular weight excluding hydrogens is 447 g/mol. The molecule has 0 amide bonds. The van der Waals surface area contributed by atoms with Crippen molar-refractivity contribution in [1.29, 1.82) is 0 Å². The van der Waals surface area contributed by atoms with Gasteiger partial charge in [-0.1, -0.05) is 132 Å². The van der Waals surface area contributed by atoms with Gasteiger partial charge in [0, 0.05) is 22.5 Å². The van der Waals surface area contributed by atoms with Gasteiger partial charge in [0.05, 0.1) is 16.7 Å². The van der Waals surface area contributed by atoms with Gasteiger partial charge in [0.25, 0.3) is 0 Å². The Hall–Kier alpha value is -3.20. The molecule has 186 valence electrons. The van der Waals surface area contributed by atoms with Crippen molar-refractivity contribution in [2.75, 3.05) is 0 Å². The van der Waals surface area contributed by atoms with E-state index in [1.54, 1.807) is 0 Å². The van der Waals surface area contributed by atoms with Crippen LogP contribution in [0, 0.1) is 0 Å². The molecule has 5 aromatic rings. The third kappa shape index (κ3) is 4.65. The van der Waals surface area contributed by atoms with Gasteiger partial charge >= 0.3 is 0 Å². The minimum atomic E-state index is 0.100. The van der Waals surface area contributed by atoms with Gasteiger partial charge in [-0.2, -0.15) is 0 Å². The van der Waals surface area contributed by atoms with Gasteiger partial charge in [0.15, 0.2) is 0 Å². The van der Waals surface area contributed by atoms with Crippen molar-refractivity contribution in [3.8, 4) is 11.3 Å². The first-order valence-electron chi connectivity index (χ1n) is 14.1. The lowest BCUT2D eigenvalue weighted by Crippen LogP contribution is -2.35. The zero-order valence-electron chi connectivity index (χ0n) is 22.6. The molecule has 0 bridgehead atoms. The van der Waals surface area contributed by atoms with Gasteiger partial charge in [-0.15, -0.1) is 0 Å². The van der Waals surface area contributed by atoms with Gasteiger partial charge in [-0.3, -0.25) is 4.98 Å². The fraction of sp³-hybridized carbons (Fsp3) is 0.353. The molecule has 1 fully saturated rings. The van der Waals surface area contributed by atoms with Crippen molar-refractivity contribution < 1.29 is 0 Å². The summed E-state index contributed by atoms with van der Waals surface area (Å²) >= 11 is 0. The van der Waals surface area contributed by atoms with E-state index in [1.165, 1.54) is 74.1 Å². The summed E-state index contributed by atoms with van der Waals surface area (Å²) in [5.74, 6) is 0. The fourth-order valence-electron chi connectivity index (χ4n) is 7.08. The maximum absolute atomic E-state index is 5.18. The fourth-order valence-corrected chi connectivity index (χ4v) is 7.08. The number of pyridine rings is 2. The minimum absolute atomic E-state index is 0.100. The SMILES string of the molecule is CC1(BC(C)(C)c2ccc(-c3ccc4ccc5cccnc5c4n3)c3ccccc23)CCCCCCC1. The molecule has 1 aliphatic carbocycles. The van der Waals surface area contributed by atoms with Gasteiger partial charge in [-0.25, -0.2) is 4.98 Å². The normalized spacial score (nSPS) is 16.5. The third-order valence-corrected chi connectivity index (χ3v) is 8.79. The van der Waals surface area contributed by atoms with Crippen molar-refractivity contribution in [1.82, 2.24) is 9.97 Å². The van der Waals surface area contributed by atoms with Crippen LogP contribution < -0.4 is 0 Å². The summed E-state index contributed by atoms with van der Waals surface area (Å²) in [5.41, 5.74) is 5.61. The Bertz CT molecular complexity index is 1580. The van der Waals surface area contributed by atoms with Crippen LogP contribution >= 0.6 is 0 Å². The summed E-state index contributed by atoms with van der Waals surface area (Å²) in [5, 5.41) is 5.42. The lowest BCUT2D eigenvalue weighted by Gasteiger charge is -2.38. The van der Waals surface area contributed by atoms with Crippen LogP contribution in [0.2, 0.25) is 5.31 Å². The lowest BCUT2D eigenvalue weighted by molar-refractivity contribution is 0.409. The van der Waals surface area contributed by atoms with E-state index in [9.17, 15) is 0 Å². The number of hydrogen-bond donors (Lipinski definition) is 0. The standard InChI is InChI=1S/C34H37BN2/c1-33(2,35-34(3)21-9-5-4-6-10-22-34)29-19-18-28(26-13-7-8-14-27(26)29)30-20-17-25-16-15-24-12-11-23-36-31(24)32(25)37-30/h7-8,11-20,23,35H,4-6,9-10,21-22H2,1-3H3. The predicted molar refractivity (Wildman–Crippen MR) is 161 cm³/mol. The van der Waals surface area contributed by atoms with Gasteiger partial charge in [0.2, 0.25) is 0 Å². The smallest absolute Gasteiger partial charge is 0.140 e. The number of benzene rings is 3. The molecule has 0 radical (unpaired) electrons. The quantitative estimate of drug-likeness (QED) is 0.188. The van der Waals surface area contributed by atoms with Crippen LogP contribution in [0.5, 0.6) is 0 Å². The number of rotatable bonds is 4. The minimum Gasteiger partial charge on any atom is -0.254 e. The van der Waals surface area contributed by atoms with E-state index >= 15 is 0 Å². The molecule has 3 heteroatoms. The number of nitrogens with zero attached hydrogens (tertiary/aromatic N) is 2. The highest BCUT2D eigenvalue weighted by Gasteiger charge is 2.36. The van der Waals surface area contributed by atoms with Crippen molar-refractivity contribution in [2.24, 2.45) is 0 Å². The largest absolute Gasteiger partial charge is 0.254 e. The highest BCUT2D eigenvalue weighted by molar-refractivity contribution is 6.44. The summed E-state index contributed by atoms with van der Waals surface area (Å²) in [4.78, 5) is 9.84. The molecule has 2 heterocycles. The molecule has 2 aromatic heterocycles. The molecule has 2 nitrogen and oxygen atoms in total. The zero-order chi connectivity index (χ0) is 25.5. The Balaban J connectivity index is 1.44. The van der Waals surface area contributed by atoms with Gasteiger partial charge in [-0.05, 0) is 33.8 Å². The van der Waals surface area contributed by atoms with Gasteiger partial charge in [0.1, 0.15) is 7.28 Å². The second kappa shape index (κ2) is 9.60. The maximum Gasteiger partial charge on any atom is 0.140 e. The van der Waals surface area contributed by atoms with Crippen LogP contribution in [0.3, 0.4) is 0 Å². The van der Waals surface area contributed by atoms with Crippen molar-refractivity contribution in [3.63, 3.8) is 0 Å². The van der Waals surface area contributed by atoms with Crippen molar-refractivity contribution >= 4 is 39.9 Å². The molecule has 0 atom stereocenters.